The Balaban J connectivity index is 1.45. The van der Waals surface area contributed by atoms with Crippen LogP contribution in [0.2, 0.25) is 0 Å². The van der Waals surface area contributed by atoms with E-state index in [4.69, 9.17) is 14.5 Å². The van der Waals surface area contributed by atoms with Crippen molar-refractivity contribution in [3.63, 3.8) is 0 Å². The minimum atomic E-state index is 0.300. The van der Waals surface area contributed by atoms with E-state index >= 15 is 0 Å². The molecule has 3 aromatic rings. The van der Waals surface area contributed by atoms with Crippen molar-refractivity contribution >= 4 is 22.2 Å². The first-order valence-corrected chi connectivity index (χ1v) is 11.3. The van der Waals surface area contributed by atoms with Gasteiger partial charge in [0, 0.05) is 42.3 Å². The maximum Gasteiger partial charge on any atom is 0.218 e. The van der Waals surface area contributed by atoms with Crippen LogP contribution in [0.1, 0.15) is 23.3 Å². The standard InChI is InChI=1S/C22H26N6O2S/c1-2-18-6-7-22(31-18)27-24-16-19-25-20(28-10-13-29-14-11-28)15-21(26-19)30-12-8-17-5-3-4-9-23-17/h3-7,9,15H,2,8,10-14,16H2,1H3. The Hall–Kier alpha value is -2.91. The minimum absolute atomic E-state index is 0.300. The van der Waals surface area contributed by atoms with E-state index in [0.29, 0.717) is 44.5 Å². The number of rotatable bonds is 9. The Bertz CT molecular complexity index is 989. The molecule has 4 heterocycles. The van der Waals surface area contributed by atoms with Crippen molar-refractivity contribution in [1.29, 1.82) is 0 Å². The lowest BCUT2D eigenvalue weighted by Crippen LogP contribution is -2.37. The molecule has 3 aromatic heterocycles. The average Bonchev–Trinajstić information content (AvgIpc) is 3.28. The smallest absolute Gasteiger partial charge is 0.218 e. The number of azo groups is 1. The monoisotopic (exact) mass is 438 g/mol. The molecule has 0 saturated carbocycles. The maximum absolute atomic E-state index is 5.95. The normalized spacial score (nSPS) is 14.3. The minimum Gasteiger partial charge on any atom is -0.477 e. The second kappa shape index (κ2) is 10.9. The van der Waals surface area contributed by atoms with Crippen molar-refractivity contribution < 1.29 is 9.47 Å². The molecule has 162 valence electrons. The second-order valence-electron chi connectivity index (χ2n) is 6.99. The van der Waals surface area contributed by atoms with Gasteiger partial charge in [0.15, 0.2) is 5.82 Å². The number of anilines is 1. The quantitative estimate of drug-likeness (QED) is 0.465. The van der Waals surface area contributed by atoms with Crippen LogP contribution in [0.3, 0.4) is 0 Å². The Morgan fingerprint density at radius 1 is 1.16 bits per heavy atom. The van der Waals surface area contributed by atoms with Crippen LogP contribution in [-0.2, 0) is 24.1 Å². The number of hydrogen-bond donors (Lipinski definition) is 0. The lowest BCUT2D eigenvalue weighted by Gasteiger charge is -2.28. The van der Waals surface area contributed by atoms with Gasteiger partial charge in [0.05, 0.1) is 19.8 Å². The molecule has 1 saturated heterocycles. The predicted molar refractivity (Wildman–Crippen MR) is 120 cm³/mol. The topological polar surface area (TPSA) is 85.1 Å². The molecule has 1 fully saturated rings. The Labute approximate surface area is 186 Å². The molecule has 0 unspecified atom stereocenters. The zero-order valence-corrected chi connectivity index (χ0v) is 18.4. The Morgan fingerprint density at radius 2 is 2.06 bits per heavy atom. The number of thiophene rings is 1. The Morgan fingerprint density at radius 3 is 2.84 bits per heavy atom. The third kappa shape index (κ3) is 6.28. The summed E-state index contributed by atoms with van der Waals surface area (Å²) in [6.45, 7) is 5.88. The van der Waals surface area contributed by atoms with Gasteiger partial charge < -0.3 is 14.4 Å². The number of hydrogen-bond acceptors (Lipinski definition) is 9. The van der Waals surface area contributed by atoms with Crippen molar-refractivity contribution in [3.8, 4) is 5.88 Å². The van der Waals surface area contributed by atoms with E-state index in [-0.39, 0.29) is 0 Å². The molecule has 0 spiro atoms. The highest BCUT2D eigenvalue weighted by molar-refractivity contribution is 7.15. The molecule has 0 atom stereocenters. The van der Waals surface area contributed by atoms with Crippen molar-refractivity contribution in [2.75, 3.05) is 37.8 Å². The van der Waals surface area contributed by atoms with Crippen LogP contribution in [0.4, 0.5) is 10.8 Å². The highest BCUT2D eigenvalue weighted by Gasteiger charge is 2.15. The highest BCUT2D eigenvalue weighted by atomic mass is 32.1. The van der Waals surface area contributed by atoms with E-state index in [9.17, 15) is 0 Å². The first-order chi connectivity index (χ1) is 15.3. The van der Waals surface area contributed by atoms with Gasteiger partial charge in [-0.25, -0.2) is 4.98 Å². The molecule has 9 heteroatoms. The fourth-order valence-electron chi connectivity index (χ4n) is 3.14. The molecule has 0 aromatic carbocycles. The molecule has 0 aliphatic carbocycles. The lowest BCUT2D eigenvalue weighted by atomic mass is 10.3. The first kappa shape index (κ1) is 21.3. The number of pyridine rings is 1. The zero-order chi connectivity index (χ0) is 21.3. The van der Waals surface area contributed by atoms with Gasteiger partial charge in [0.1, 0.15) is 17.4 Å². The van der Waals surface area contributed by atoms with E-state index in [1.54, 1.807) is 17.5 Å². The summed E-state index contributed by atoms with van der Waals surface area (Å²) in [5.74, 6) is 1.97. The third-order valence-corrected chi connectivity index (χ3v) is 5.90. The summed E-state index contributed by atoms with van der Waals surface area (Å²) in [4.78, 5) is 17.1. The van der Waals surface area contributed by atoms with Crippen LogP contribution >= 0.6 is 11.3 Å². The largest absolute Gasteiger partial charge is 0.477 e. The van der Waals surface area contributed by atoms with Gasteiger partial charge in [-0.2, -0.15) is 10.1 Å². The van der Waals surface area contributed by atoms with Crippen molar-refractivity contribution in [2.45, 2.75) is 26.3 Å². The SMILES string of the molecule is CCc1ccc(N=NCc2nc(OCCc3ccccn3)cc(N3CCOCC3)n2)s1. The molecule has 1 aliphatic heterocycles. The molecule has 31 heavy (non-hydrogen) atoms. The van der Waals surface area contributed by atoms with Crippen LogP contribution in [-0.4, -0.2) is 47.9 Å². The van der Waals surface area contributed by atoms with Crippen LogP contribution < -0.4 is 9.64 Å². The van der Waals surface area contributed by atoms with Crippen molar-refractivity contribution in [3.05, 3.63) is 59.0 Å². The number of aromatic nitrogens is 3. The predicted octanol–water partition coefficient (Wildman–Crippen LogP) is 4.24. The summed E-state index contributed by atoms with van der Waals surface area (Å²) in [6, 6.07) is 11.8. The summed E-state index contributed by atoms with van der Waals surface area (Å²) in [7, 11) is 0. The van der Waals surface area contributed by atoms with E-state index in [1.807, 2.05) is 30.3 Å². The van der Waals surface area contributed by atoms with Gasteiger partial charge in [-0.15, -0.1) is 16.5 Å². The third-order valence-electron chi connectivity index (χ3n) is 4.78. The summed E-state index contributed by atoms with van der Waals surface area (Å²) < 4.78 is 11.4. The highest BCUT2D eigenvalue weighted by Crippen LogP contribution is 2.26. The number of morpholine rings is 1. The fraction of sp³-hybridized carbons (Fsp3) is 0.409. The fourth-order valence-corrected chi connectivity index (χ4v) is 3.93. The van der Waals surface area contributed by atoms with Gasteiger partial charge in [0.25, 0.3) is 0 Å². The number of aryl methyl sites for hydroxylation is 1. The molecule has 0 bridgehead atoms. The van der Waals surface area contributed by atoms with Crippen LogP contribution in [0.15, 0.2) is 52.8 Å². The van der Waals surface area contributed by atoms with Crippen LogP contribution in [0.25, 0.3) is 0 Å². The van der Waals surface area contributed by atoms with E-state index < -0.39 is 0 Å². The Kier molecular flexibility index (Phi) is 7.51. The molecule has 0 N–H and O–H groups in total. The van der Waals surface area contributed by atoms with Gasteiger partial charge >= 0.3 is 0 Å². The molecule has 0 radical (unpaired) electrons. The van der Waals surface area contributed by atoms with Crippen LogP contribution in [0, 0.1) is 0 Å². The molecule has 8 nitrogen and oxygen atoms in total. The van der Waals surface area contributed by atoms with Crippen molar-refractivity contribution in [2.24, 2.45) is 10.2 Å². The summed E-state index contributed by atoms with van der Waals surface area (Å²) in [5.41, 5.74) is 0.987. The van der Waals surface area contributed by atoms with Crippen molar-refractivity contribution in [1.82, 2.24) is 15.0 Å². The molecular formula is C22H26N6O2S. The lowest BCUT2D eigenvalue weighted by molar-refractivity contribution is 0.122. The number of ether oxygens (including phenoxy) is 2. The van der Waals surface area contributed by atoms with Gasteiger partial charge in [-0.05, 0) is 30.7 Å². The average molecular weight is 439 g/mol. The van der Waals surface area contributed by atoms with E-state index in [2.05, 4.69) is 38.1 Å². The zero-order valence-electron chi connectivity index (χ0n) is 17.6. The van der Waals surface area contributed by atoms with Crippen LogP contribution in [0.5, 0.6) is 5.88 Å². The summed E-state index contributed by atoms with van der Waals surface area (Å²) in [6.07, 6.45) is 3.51. The van der Waals surface area contributed by atoms with Gasteiger partial charge in [-0.1, -0.05) is 13.0 Å². The summed E-state index contributed by atoms with van der Waals surface area (Å²) >= 11 is 1.65. The van der Waals surface area contributed by atoms with E-state index in [0.717, 1.165) is 36.0 Å². The number of nitrogens with zero attached hydrogens (tertiary/aromatic N) is 6. The molecule has 4 rings (SSSR count). The maximum atomic E-state index is 5.95. The first-order valence-electron chi connectivity index (χ1n) is 10.5. The molecular weight excluding hydrogens is 412 g/mol. The van der Waals surface area contributed by atoms with Gasteiger partial charge in [-0.3, -0.25) is 4.98 Å². The summed E-state index contributed by atoms with van der Waals surface area (Å²) in [5, 5.41) is 9.54. The molecule has 0 amide bonds. The molecule has 1 aliphatic rings. The van der Waals surface area contributed by atoms with Gasteiger partial charge in [0.2, 0.25) is 5.88 Å². The second-order valence-corrected chi connectivity index (χ2v) is 8.14. The van der Waals surface area contributed by atoms with E-state index in [1.165, 1.54) is 4.88 Å².